The smallest absolute Gasteiger partial charge is 0.271 e. The van der Waals surface area contributed by atoms with Crippen LogP contribution in [0.3, 0.4) is 0 Å². The zero-order valence-corrected chi connectivity index (χ0v) is 16.7. The van der Waals surface area contributed by atoms with Gasteiger partial charge in [-0.05, 0) is 29.3 Å². The largest absolute Gasteiger partial charge is 0.508 e. The molecule has 0 amide bonds. The van der Waals surface area contributed by atoms with Gasteiger partial charge < -0.3 is 5.11 Å². The molecule has 0 bridgehead atoms. The minimum atomic E-state index is -0.365. The molecule has 6 heteroatoms. The molecule has 146 valence electrons. The van der Waals surface area contributed by atoms with E-state index in [1.807, 2.05) is 66.7 Å². The second-order valence-corrected chi connectivity index (χ2v) is 7.94. The van der Waals surface area contributed by atoms with Gasteiger partial charge in [0.05, 0.1) is 10.2 Å². The molecule has 4 aromatic rings. The standard InChI is InChI=1S/C24H17N3O2S/c28-19-13-7-8-16(14-19)15-20-23(29)27-22(18-11-5-2-6-12-18)21(25-26-24(27)30-20)17-9-3-1-4-10-17/h1-15,22,28H/t22-/m1/s1. The number of thiazole rings is 1. The predicted octanol–water partition coefficient (Wildman–Crippen LogP) is 3.07. The van der Waals surface area contributed by atoms with Crippen LogP contribution in [0.5, 0.6) is 5.75 Å². The summed E-state index contributed by atoms with van der Waals surface area (Å²) < 4.78 is 2.26. The topological polar surface area (TPSA) is 66.9 Å². The fourth-order valence-electron chi connectivity index (χ4n) is 3.59. The Morgan fingerprint density at radius 1 is 0.900 bits per heavy atom. The molecule has 5 nitrogen and oxygen atoms in total. The number of nitrogens with zero attached hydrogens (tertiary/aromatic N) is 3. The Labute approximate surface area is 176 Å². The van der Waals surface area contributed by atoms with Crippen molar-refractivity contribution in [3.63, 3.8) is 0 Å². The molecule has 3 aromatic carbocycles. The first kappa shape index (κ1) is 18.3. The van der Waals surface area contributed by atoms with E-state index in [9.17, 15) is 9.90 Å². The molecule has 30 heavy (non-hydrogen) atoms. The Bertz CT molecular complexity index is 1420. The Morgan fingerprint density at radius 3 is 2.37 bits per heavy atom. The summed E-state index contributed by atoms with van der Waals surface area (Å²) in [5.41, 5.74) is 3.27. The fraction of sp³-hybridized carbons (Fsp3) is 0.0417. The maximum Gasteiger partial charge on any atom is 0.271 e. The molecule has 2 heterocycles. The SMILES string of the molecule is O=c1c(=Cc2cccc(O)c2)sc2n1[C@H](c1ccccc1)C(c1ccccc1)=NN=2. The molecule has 1 aliphatic heterocycles. The van der Waals surface area contributed by atoms with Crippen molar-refractivity contribution >= 4 is 23.1 Å². The molecule has 0 saturated carbocycles. The first-order valence-electron chi connectivity index (χ1n) is 9.49. The summed E-state index contributed by atoms with van der Waals surface area (Å²) in [6.45, 7) is 0. The monoisotopic (exact) mass is 411 g/mol. The van der Waals surface area contributed by atoms with Gasteiger partial charge in [-0.15, -0.1) is 10.2 Å². The normalized spacial score (nSPS) is 15.9. The molecule has 0 aliphatic carbocycles. The first-order valence-corrected chi connectivity index (χ1v) is 10.3. The number of benzene rings is 3. The average molecular weight is 411 g/mol. The fourth-order valence-corrected chi connectivity index (χ4v) is 4.54. The van der Waals surface area contributed by atoms with Crippen molar-refractivity contribution in [1.29, 1.82) is 0 Å². The molecule has 1 N–H and O–H groups in total. The van der Waals surface area contributed by atoms with Crippen molar-refractivity contribution < 1.29 is 5.11 Å². The number of hydrogen-bond acceptors (Lipinski definition) is 5. The van der Waals surface area contributed by atoms with E-state index < -0.39 is 0 Å². The first-order chi connectivity index (χ1) is 14.7. The molecule has 0 unspecified atom stereocenters. The van der Waals surface area contributed by atoms with Crippen molar-refractivity contribution in [3.05, 3.63) is 121 Å². The van der Waals surface area contributed by atoms with Crippen molar-refractivity contribution in [2.45, 2.75) is 6.04 Å². The third-order valence-electron chi connectivity index (χ3n) is 4.95. The summed E-state index contributed by atoms with van der Waals surface area (Å²) in [7, 11) is 0. The Hall–Kier alpha value is -3.77. The van der Waals surface area contributed by atoms with E-state index in [2.05, 4.69) is 10.2 Å². The van der Waals surface area contributed by atoms with Crippen LogP contribution >= 0.6 is 11.3 Å². The third kappa shape index (κ3) is 3.27. The van der Waals surface area contributed by atoms with Crippen LogP contribution in [0, 0.1) is 0 Å². The summed E-state index contributed by atoms with van der Waals surface area (Å²) >= 11 is 1.30. The van der Waals surface area contributed by atoms with E-state index in [-0.39, 0.29) is 17.4 Å². The Morgan fingerprint density at radius 2 is 1.63 bits per heavy atom. The highest BCUT2D eigenvalue weighted by Gasteiger charge is 2.28. The van der Waals surface area contributed by atoms with Gasteiger partial charge in [0, 0.05) is 5.56 Å². The molecule has 1 atom stereocenters. The molecule has 0 spiro atoms. The van der Waals surface area contributed by atoms with Crippen LogP contribution in [-0.4, -0.2) is 15.4 Å². The summed E-state index contributed by atoms with van der Waals surface area (Å²) in [6.07, 6.45) is 1.78. The number of hydrogen-bond donors (Lipinski definition) is 1. The van der Waals surface area contributed by atoms with Crippen molar-refractivity contribution in [3.8, 4) is 5.75 Å². The van der Waals surface area contributed by atoms with Crippen LogP contribution in [0.25, 0.3) is 6.08 Å². The molecule has 1 aromatic heterocycles. The quantitative estimate of drug-likeness (QED) is 0.563. The highest BCUT2D eigenvalue weighted by molar-refractivity contribution is 7.07. The van der Waals surface area contributed by atoms with E-state index >= 15 is 0 Å². The van der Waals surface area contributed by atoms with Crippen LogP contribution in [0.2, 0.25) is 0 Å². The lowest BCUT2D eigenvalue weighted by Gasteiger charge is -2.22. The summed E-state index contributed by atoms with van der Waals surface area (Å²) in [5.74, 6) is 0.159. The second kappa shape index (κ2) is 7.57. The molecular formula is C24H17N3O2S. The van der Waals surface area contributed by atoms with Gasteiger partial charge in [-0.1, -0.05) is 84.1 Å². The van der Waals surface area contributed by atoms with Gasteiger partial charge in [0.25, 0.3) is 5.56 Å². The molecule has 0 fully saturated rings. The average Bonchev–Trinajstić information content (AvgIpc) is 3.10. The minimum Gasteiger partial charge on any atom is -0.508 e. The molecule has 5 rings (SSSR count). The number of phenols is 1. The van der Waals surface area contributed by atoms with Gasteiger partial charge in [0.15, 0.2) is 0 Å². The van der Waals surface area contributed by atoms with Gasteiger partial charge in [-0.2, -0.15) is 0 Å². The molecular weight excluding hydrogens is 394 g/mol. The predicted molar refractivity (Wildman–Crippen MR) is 119 cm³/mol. The molecule has 1 aliphatic rings. The number of fused-ring (bicyclic) bond motifs is 1. The van der Waals surface area contributed by atoms with E-state index in [1.165, 1.54) is 11.3 Å². The summed E-state index contributed by atoms with van der Waals surface area (Å²) in [6, 6.07) is 26.1. The van der Waals surface area contributed by atoms with E-state index in [1.54, 1.807) is 28.8 Å². The maximum atomic E-state index is 13.4. The van der Waals surface area contributed by atoms with Crippen LogP contribution < -0.4 is 14.9 Å². The summed E-state index contributed by atoms with van der Waals surface area (Å²) in [5, 5.41) is 18.6. The van der Waals surface area contributed by atoms with Gasteiger partial charge in [-0.3, -0.25) is 9.36 Å². The van der Waals surface area contributed by atoms with Gasteiger partial charge in [-0.25, -0.2) is 0 Å². The number of rotatable bonds is 3. The highest BCUT2D eigenvalue weighted by atomic mass is 32.1. The van der Waals surface area contributed by atoms with Crippen LogP contribution in [0.15, 0.2) is 99.9 Å². The van der Waals surface area contributed by atoms with Crippen LogP contribution in [-0.2, 0) is 0 Å². The van der Waals surface area contributed by atoms with Crippen LogP contribution in [0.1, 0.15) is 22.7 Å². The zero-order valence-electron chi connectivity index (χ0n) is 15.8. The minimum absolute atomic E-state index is 0.126. The highest BCUT2D eigenvalue weighted by Crippen LogP contribution is 2.24. The lowest BCUT2D eigenvalue weighted by Crippen LogP contribution is -2.40. The van der Waals surface area contributed by atoms with E-state index in [0.29, 0.717) is 9.33 Å². The maximum absolute atomic E-state index is 13.4. The van der Waals surface area contributed by atoms with Gasteiger partial charge in [0.1, 0.15) is 11.8 Å². The molecule has 0 saturated heterocycles. The van der Waals surface area contributed by atoms with E-state index in [4.69, 9.17) is 0 Å². The Balaban J connectivity index is 1.73. The second-order valence-electron chi connectivity index (χ2n) is 6.93. The number of phenolic OH excluding ortho intramolecular Hbond substituents is 1. The van der Waals surface area contributed by atoms with Crippen LogP contribution in [0.4, 0.5) is 0 Å². The van der Waals surface area contributed by atoms with Gasteiger partial charge in [0.2, 0.25) is 4.80 Å². The van der Waals surface area contributed by atoms with Gasteiger partial charge >= 0.3 is 0 Å². The third-order valence-corrected chi connectivity index (χ3v) is 5.92. The van der Waals surface area contributed by atoms with Crippen molar-refractivity contribution in [1.82, 2.24) is 4.57 Å². The van der Waals surface area contributed by atoms with Crippen molar-refractivity contribution in [2.24, 2.45) is 10.2 Å². The Kier molecular flexibility index (Phi) is 4.61. The molecule has 0 radical (unpaired) electrons. The zero-order chi connectivity index (χ0) is 20.5. The number of aromatic hydroxyl groups is 1. The van der Waals surface area contributed by atoms with E-state index in [0.717, 1.165) is 22.4 Å². The summed E-state index contributed by atoms with van der Waals surface area (Å²) in [4.78, 5) is 14.0. The number of aromatic nitrogens is 1. The van der Waals surface area contributed by atoms with Crippen molar-refractivity contribution in [2.75, 3.05) is 0 Å². The lowest BCUT2D eigenvalue weighted by molar-refractivity contribution is 0.475. The lowest BCUT2D eigenvalue weighted by atomic mass is 9.96.